The van der Waals surface area contributed by atoms with Gasteiger partial charge < -0.3 is 0 Å². The Morgan fingerprint density at radius 1 is 0.793 bits per heavy atom. The molecular weight excluding hydrogens is 378 g/mol. The van der Waals surface area contributed by atoms with E-state index in [0.29, 0.717) is 23.9 Å². The molecule has 0 bridgehead atoms. The fourth-order valence-electron chi connectivity index (χ4n) is 4.01. The van der Waals surface area contributed by atoms with Crippen LogP contribution in [0.5, 0.6) is 0 Å². The van der Waals surface area contributed by atoms with Gasteiger partial charge in [-0.05, 0) is 60.9 Å². The molecule has 1 heterocycles. The molecule has 1 fully saturated rings. The molecule has 1 aliphatic rings. The topological polar surface area (TPSA) is 37.4 Å². The van der Waals surface area contributed by atoms with E-state index in [-0.39, 0.29) is 0 Å². The van der Waals surface area contributed by atoms with Crippen LogP contribution in [0.4, 0.5) is 0 Å². The summed E-state index contributed by atoms with van der Waals surface area (Å²) in [6.07, 6.45) is 2.82. The number of benzene rings is 3. The van der Waals surface area contributed by atoms with E-state index in [4.69, 9.17) is 0 Å². The molecule has 0 amide bonds. The zero-order valence-electron chi connectivity index (χ0n) is 16.8. The zero-order chi connectivity index (χ0) is 20.3. The predicted molar refractivity (Wildman–Crippen MR) is 118 cm³/mol. The molecule has 0 unspecified atom stereocenters. The number of hydrogen-bond donors (Lipinski definition) is 0. The lowest BCUT2D eigenvalue weighted by atomic mass is 9.90. The van der Waals surface area contributed by atoms with Crippen molar-refractivity contribution in [2.75, 3.05) is 13.1 Å². The number of nitrogens with zero attached hydrogens (tertiary/aromatic N) is 1. The second kappa shape index (κ2) is 8.52. The van der Waals surface area contributed by atoms with Crippen molar-refractivity contribution in [1.82, 2.24) is 4.31 Å². The molecule has 3 aromatic rings. The molecule has 3 nitrogen and oxygen atoms in total. The zero-order valence-corrected chi connectivity index (χ0v) is 17.6. The molecule has 0 atom stereocenters. The summed E-state index contributed by atoms with van der Waals surface area (Å²) in [5.41, 5.74) is 4.85. The maximum absolute atomic E-state index is 12.9. The second-order valence-corrected chi connectivity index (χ2v) is 9.87. The third kappa shape index (κ3) is 4.60. The molecule has 4 heteroatoms. The highest BCUT2D eigenvalue weighted by Gasteiger charge is 2.29. The fraction of sp³-hybridized carbons (Fsp3) is 0.280. The average molecular weight is 406 g/mol. The van der Waals surface area contributed by atoms with E-state index in [1.54, 1.807) is 16.4 Å². The second-order valence-electron chi connectivity index (χ2n) is 7.93. The molecule has 150 valence electrons. The van der Waals surface area contributed by atoms with Crippen LogP contribution in [-0.2, 0) is 16.4 Å². The summed E-state index contributed by atoms with van der Waals surface area (Å²) in [4.78, 5) is 0.401. The average Bonchev–Trinajstić information content (AvgIpc) is 2.76. The number of piperidine rings is 1. The smallest absolute Gasteiger partial charge is 0.207 e. The molecule has 0 aliphatic carbocycles. The first-order valence-electron chi connectivity index (χ1n) is 10.2. The van der Waals surface area contributed by atoms with Gasteiger partial charge in [-0.15, -0.1) is 0 Å². The van der Waals surface area contributed by atoms with Gasteiger partial charge in [0, 0.05) is 13.1 Å². The molecule has 29 heavy (non-hydrogen) atoms. The van der Waals surface area contributed by atoms with Crippen molar-refractivity contribution in [3.8, 4) is 11.1 Å². The molecule has 0 aromatic heterocycles. The van der Waals surface area contributed by atoms with E-state index in [1.807, 2.05) is 25.1 Å². The summed E-state index contributed by atoms with van der Waals surface area (Å²) in [6.45, 7) is 3.17. The maximum Gasteiger partial charge on any atom is 0.243 e. The summed E-state index contributed by atoms with van der Waals surface area (Å²) in [5, 5.41) is 0. The highest BCUT2D eigenvalue weighted by Crippen LogP contribution is 2.27. The van der Waals surface area contributed by atoms with Crippen LogP contribution in [0.15, 0.2) is 83.8 Å². The van der Waals surface area contributed by atoms with E-state index in [1.165, 1.54) is 16.7 Å². The Bertz CT molecular complexity index is 1030. The lowest BCUT2D eigenvalue weighted by Crippen LogP contribution is -2.38. The molecule has 1 aliphatic heterocycles. The highest BCUT2D eigenvalue weighted by molar-refractivity contribution is 7.89. The van der Waals surface area contributed by atoms with Crippen LogP contribution in [0.2, 0.25) is 0 Å². The van der Waals surface area contributed by atoms with Crippen LogP contribution < -0.4 is 0 Å². The number of sulfonamides is 1. The molecule has 1 saturated heterocycles. The molecule has 3 aromatic carbocycles. The maximum atomic E-state index is 12.9. The Kier molecular flexibility index (Phi) is 5.84. The fourth-order valence-corrected chi connectivity index (χ4v) is 5.48. The van der Waals surface area contributed by atoms with Gasteiger partial charge >= 0.3 is 0 Å². The lowest BCUT2D eigenvalue weighted by molar-refractivity contribution is 0.273. The standard InChI is InChI=1S/C25H27NO2S/c1-20-7-13-25(14-8-20)29(27,28)26-17-15-22(16-18-26)19-21-9-11-24(12-10-21)23-5-3-2-4-6-23/h2-14,22H,15-19H2,1H3. The van der Waals surface area contributed by atoms with Crippen molar-refractivity contribution in [2.24, 2.45) is 5.92 Å². The van der Waals surface area contributed by atoms with Crippen LogP contribution >= 0.6 is 0 Å². The van der Waals surface area contributed by atoms with Crippen molar-refractivity contribution in [1.29, 1.82) is 0 Å². The highest BCUT2D eigenvalue weighted by atomic mass is 32.2. The van der Waals surface area contributed by atoms with Gasteiger partial charge in [-0.3, -0.25) is 0 Å². The molecular formula is C25H27NO2S. The van der Waals surface area contributed by atoms with Gasteiger partial charge in [-0.2, -0.15) is 4.31 Å². The number of aryl methyl sites for hydroxylation is 1. The summed E-state index contributed by atoms with van der Waals surface area (Å²) in [7, 11) is -3.38. The quantitative estimate of drug-likeness (QED) is 0.577. The van der Waals surface area contributed by atoms with Crippen LogP contribution in [0, 0.1) is 12.8 Å². The van der Waals surface area contributed by atoms with Gasteiger partial charge in [-0.25, -0.2) is 8.42 Å². The lowest BCUT2D eigenvalue weighted by Gasteiger charge is -2.31. The third-order valence-electron chi connectivity index (χ3n) is 5.82. The SMILES string of the molecule is Cc1ccc(S(=O)(=O)N2CCC(Cc3ccc(-c4ccccc4)cc3)CC2)cc1. The minimum absolute atomic E-state index is 0.401. The summed E-state index contributed by atoms with van der Waals surface area (Å²) in [6, 6.07) is 26.3. The Morgan fingerprint density at radius 3 is 2.00 bits per heavy atom. The third-order valence-corrected chi connectivity index (χ3v) is 7.73. The van der Waals surface area contributed by atoms with Crippen molar-refractivity contribution < 1.29 is 8.42 Å². The Labute approximate surface area is 174 Å². The van der Waals surface area contributed by atoms with Crippen molar-refractivity contribution in [3.63, 3.8) is 0 Å². The van der Waals surface area contributed by atoms with Crippen LogP contribution in [0.25, 0.3) is 11.1 Å². The molecule has 0 spiro atoms. The van der Waals surface area contributed by atoms with Crippen molar-refractivity contribution in [3.05, 3.63) is 90.0 Å². The minimum atomic E-state index is -3.38. The first-order chi connectivity index (χ1) is 14.0. The van der Waals surface area contributed by atoms with Gasteiger partial charge in [0.1, 0.15) is 0 Å². The Balaban J connectivity index is 1.36. The first-order valence-corrected chi connectivity index (χ1v) is 11.7. The van der Waals surface area contributed by atoms with Gasteiger partial charge in [0.2, 0.25) is 10.0 Å². The van der Waals surface area contributed by atoms with Gasteiger partial charge in [0.15, 0.2) is 0 Å². The number of rotatable bonds is 5. The van der Waals surface area contributed by atoms with Crippen LogP contribution in [0.1, 0.15) is 24.0 Å². The largest absolute Gasteiger partial charge is 0.243 e. The van der Waals surface area contributed by atoms with Crippen molar-refractivity contribution in [2.45, 2.75) is 31.1 Å². The van der Waals surface area contributed by atoms with Crippen LogP contribution in [0.3, 0.4) is 0 Å². The van der Waals surface area contributed by atoms with Crippen LogP contribution in [-0.4, -0.2) is 25.8 Å². The predicted octanol–water partition coefficient (Wildman–Crippen LogP) is 5.31. The molecule has 0 saturated carbocycles. The van der Waals surface area contributed by atoms with Crippen molar-refractivity contribution >= 4 is 10.0 Å². The summed E-state index contributed by atoms with van der Waals surface area (Å²) >= 11 is 0. The molecule has 4 rings (SSSR count). The molecule has 0 N–H and O–H groups in total. The minimum Gasteiger partial charge on any atom is -0.207 e. The summed E-state index contributed by atoms with van der Waals surface area (Å²) < 4.78 is 27.4. The monoisotopic (exact) mass is 405 g/mol. The van der Waals surface area contributed by atoms with Gasteiger partial charge in [-0.1, -0.05) is 72.3 Å². The van der Waals surface area contributed by atoms with Gasteiger partial charge in [0.25, 0.3) is 0 Å². The van der Waals surface area contributed by atoms with Gasteiger partial charge in [0.05, 0.1) is 4.90 Å². The Hall–Kier alpha value is -2.43. The van der Waals surface area contributed by atoms with E-state index in [0.717, 1.165) is 24.8 Å². The van der Waals surface area contributed by atoms with E-state index in [2.05, 4.69) is 48.5 Å². The molecule has 0 radical (unpaired) electrons. The number of hydrogen-bond acceptors (Lipinski definition) is 2. The van der Waals surface area contributed by atoms with E-state index < -0.39 is 10.0 Å². The first kappa shape index (κ1) is 19.9. The normalized spacial score (nSPS) is 16.0. The Morgan fingerprint density at radius 2 is 1.38 bits per heavy atom. The summed E-state index contributed by atoms with van der Waals surface area (Å²) in [5.74, 6) is 0.530. The van der Waals surface area contributed by atoms with E-state index >= 15 is 0 Å². The van der Waals surface area contributed by atoms with E-state index in [9.17, 15) is 8.42 Å².